The van der Waals surface area contributed by atoms with Crippen molar-refractivity contribution in [2.75, 3.05) is 13.2 Å². The van der Waals surface area contributed by atoms with Gasteiger partial charge in [0.1, 0.15) is 13.2 Å². The van der Waals surface area contributed by atoms with Crippen LogP contribution in [0.3, 0.4) is 0 Å². The van der Waals surface area contributed by atoms with Crippen molar-refractivity contribution in [3.63, 3.8) is 0 Å². The molecule has 0 fully saturated rings. The smallest absolute Gasteiger partial charge is 0.306 e. The number of esters is 3. The summed E-state index contributed by atoms with van der Waals surface area (Å²) in [5, 5.41) is 0. The van der Waals surface area contributed by atoms with E-state index in [2.05, 4.69) is 93.7 Å². The summed E-state index contributed by atoms with van der Waals surface area (Å²) >= 11 is 0. The minimum Gasteiger partial charge on any atom is -0.462 e. The number of rotatable bonds is 51. The summed E-state index contributed by atoms with van der Waals surface area (Å²) in [5.74, 6) is -0.959. The number of carbonyl (C=O) groups excluding carboxylic acids is 3. The molecule has 1 atom stereocenters. The molecule has 0 rings (SSSR count). The van der Waals surface area contributed by atoms with Gasteiger partial charge in [-0.15, -0.1) is 0 Å². The second-order valence-corrected chi connectivity index (χ2v) is 18.8. The molecule has 0 aliphatic rings. The van der Waals surface area contributed by atoms with E-state index in [1.54, 1.807) is 0 Å². The largest absolute Gasteiger partial charge is 0.462 e. The molecule has 386 valence electrons. The van der Waals surface area contributed by atoms with Crippen LogP contribution in [-0.2, 0) is 28.6 Å². The van der Waals surface area contributed by atoms with E-state index in [0.717, 1.165) is 77.0 Å². The molecule has 0 aliphatic carbocycles. The Labute approximate surface area is 414 Å². The Kier molecular flexibility index (Phi) is 52.8. The number of hydrogen-bond acceptors (Lipinski definition) is 6. The molecule has 0 N–H and O–H groups in total. The molecule has 0 aromatic carbocycles. The van der Waals surface area contributed by atoms with Gasteiger partial charge in [-0.3, -0.25) is 14.4 Å². The Bertz CT molecular complexity index is 1260. The van der Waals surface area contributed by atoms with E-state index in [9.17, 15) is 14.4 Å². The molecule has 0 aromatic rings. The van der Waals surface area contributed by atoms with Crippen molar-refractivity contribution in [3.05, 3.63) is 72.9 Å². The lowest BCUT2D eigenvalue weighted by Crippen LogP contribution is -2.30. The van der Waals surface area contributed by atoms with Crippen molar-refractivity contribution >= 4 is 17.9 Å². The second kappa shape index (κ2) is 55.4. The molecule has 0 radical (unpaired) electrons. The van der Waals surface area contributed by atoms with Gasteiger partial charge >= 0.3 is 17.9 Å². The van der Waals surface area contributed by atoms with Gasteiger partial charge in [0, 0.05) is 19.3 Å². The molecule has 0 aromatic heterocycles. The first kappa shape index (κ1) is 63.8. The van der Waals surface area contributed by atoms with Crippen molar-refractivity contribution in [1.29, 1.82) is 0 Å². The molecule has 0 heterocycles. The third kappa shape index (κ3) is 53.7. The van der Waals surface area contributed by atoms with Crippen LogP contribution < -0.4 is 0 Å². The fourth-order valence-corrected chi connectivity index (χ4v) is 7.82. The summed E-state index contributed by atoms with van der Waals surface area (Å²) in [6, 6.07) is 0. The molecule has 0 saturated heterocycles. The van der Waals surface area contributed by atoms with Gasteiger partial charge in [0.05, 0.1) is 0 Å². The van der Waals surface area contributed by atoms with Gasteiger partial charge in [0.2, 0.25) is 0 Å². The maximum Gasteiger partial charge on any atom is 0.306 e. The third-order valence-corrected chi connectivity index (χ3v) is 12.2. The lowest BCUT2D eigenvalue weighted by atomic mass is 10.0. The Morgan fingerprint density at radius 3 is 0.985 bits per heavy atom. The van der Waals surface area contributed by atoms with Crippen molar-refractivity contribution in [3.8, 4) is 0 Å². The molecule has 6 heteroatoms. The van der Waals surface area contributed by atoms with E-state index >= 15 is 0 Å². The fraction of sp³-hybridized carbons (Fsp3) is 0.754. The van der Waals surface area contributed by atoms with Crippen LogP contribution in [0.15, 0.2) is 72.9 Å². The topological polar surface area (TPSA) is 78.9 Å². The zero-order chi connectivity index (χ0) is 48.6. The zero-order valence-electron chi connectivity index (χ0n) is 44.2. The maximum absolute atomic E-state index is 12.8. The van der Waals surface area contributed by atoms with Crippen LogP contribution in [0.5, 0.6) is 0 Å². The molecule has 0 spiro atoms. The summed E-state index contributed by atoms with van der Waals surface area (Å²) in [5.41, 5.74) is 0. The number of carbonyl (C=O) groups is 3. The monoisotopic (exact) mass is 935 g/mol. The molecular weight excluding hydrogens is 829 g/mol. The Hall–Kier alpha value is -3.15. The molecule has 0 unspecified atom stereocenters. The van der Waals surface area contributed by atoms with E-state index in [1.807, 2.05) is 0 Å². The van der Waals surface area contributed by atoms with Crippen molar-refractivity contribution in [2.24, 2.45) is 0 Å². The highest BCUT2D eigenvalue weighted by Crippen LogP contribution is 2.15. The zero-order valence-corrected chi connectivity index (χ0v) is 44.2. The summed E-state index contributed by atoms with van der Waals surface area (Å²) in [6.07, 6.45) is 70.4. The van der Waals surface area contributed by atoms with Gasteiger partial charge < -0.3 is 14.2 Å². The van der Waals surface area contributed by atoms with Crippen LogP contribution in [-0.4, -0.2) is 37.2 Å². The highest BCUT2D eigenvalue weighted by molar-refractivity contribution is 5.71. The van der Waals surface area contributed by atoms with Gasteiger partial charge in [0.15, 0.2) is 6.10 Å². The summed E-state index contributed by atoms with van der Waals surface area (Å²) in [7, 11) is 0. The van der Waals surface area contributed by atoms with Gasteiger partial charge in [0.25, 0.3) is 0 Å². The van der Waals surface area contributed by atoms with Gasteiger partial charge in [-0.25, -0.2) is 0 Å². The molecular formula is C61H106O6. The number of unbranched alkanes of at least 4 members (excludes halogenated alkanes) is 28. The van der Waals surface area contributed by atoms with Crippen LogP contribution in [0.2, 0.25) is 0 Å². The summed E-state index contributed by atoms with van der Waals surface area (Å²) < 4.78 is 16.8. The first-order valence-electron chi connectivity index (χ1n) is 28.4. The van der Waals surface area contributed by atoms with E-state index in [1.165, 1.54) is 154 Å². The van der Waals surface area contributed by atoms with Gasteiger partial charge in [-0.05, 0) is 103 Å². The molecule has 0 aliphatic heterocycles. The quantitative estimate of drug-likeness (QED) is 0.0262. The number of allylic oxidation sites excluding steroid dienone is 12. The normalized spacial score (nSPS) is 12.6. The number of ether oxygens (including phenoxy) is 3. The molecule has 0 bridgehead atoms. The van der Waals surface area contributed by atoms with E-state index in [-0.39, 0.29) is 37.5 Å². The average molecular weight is 936 g/mol. The Balaban J connectivity index is 4.39. The van der Waals surface area contributed by atoms with Crippen LogP contribution in [0.25, 0.3) is 0 Å². The van der Waals surface area contributed by atoms with Crippen LogP contribution in [0, 0.1) is 0 Å². The van der Waals surface area contributed by atoms with Crippen LogP contribution >= 0.6 is 0 Å². The van der Waals surface area contributed by atoms with Crippen molar-refractivity contribution < 1.29 is 28.6 Å². The SMILES string of the molecule is CCCC/C=C\CCCCCCCC(=O)OC[C@@H](COC(=O)CCC/C=C\C/C=C\C/C=C\C/C=C\CCCCC)OC(=O)CCCCCCCCCCCCC/C=C\CCCCCCCC. The maximum atomic E-state index is 12.8. The van der Waals surface area contributed by atoms with Crippen molar-refractivity contribution in [1.82, 2.24) is 0 Å². The third-order valence-electron chi connectivity index (χ3n) is 12.2. The minimum atomic E-state index is -0.800. The van der Waals surface area contributed by atoms with Crippen LogP contribution in [0.4, 0.5) is 0 Å². The minimum absolute atomic E-state index is 0.0964. The Morgan fingerprint density at radius 1 is 0.299 bits per heavy atom. The fourth-order valence-electron chi connectivity index (χ4n) is 7.82. The van der Waals surface area contributed by atoms with Gasteiger partial charge in [-0.1, -0.05) is 229 Å². The van der Waals surface area contributed by atoms with Gasteiger partial charge in [-0.2, -0.15) is 0 Å². The highest BCUT2D eigenvalue weighted by Gasteiger charge is 2.19. The lowest BCUT2D eigenvalue weighted by molar-refractivity contribution is -0.167. The average Bonchev–Trinajstić information content (AvgIpc) is 3.33. The first-order chi connectivity index (χ1) is 33.0. The second-order valence-electron chi connectivity index (χ2n) is 18.8. The Morgan fingerprint density at radius 2 is 0.567 bits per heavy atom. The van der Waals surface area contributed by atoms with E-state index < -0.39 is 6.10 Å². The summed E-state index contributed by atoms with van der Waals surface area (Å²) in [4.78, 5) is 38.0. The predicted octanol–water partition coefficient (Wildman–Crippen LogP) is 19.0. The van der Waals surface area contributed by atoms with Crippen LogP contribution in [0.1, 0.15) is 278 Å². The first-order valence-corrected chi connectivity index (χ1v) is 28.4. The predicted molar refractivity (Wildman–Crippen MR) is 288 cm³/mol. The van der Waals surface area contributed by atoms with Crippen molar-refractivity contribution in [2.45, 2.75) is 284 Å². The van der Waals surface area contributed by atoms with E-state index in [4.69, 9.17) is 14.2 Å². The molecule has 6 nitrogen and oxygen atoms in total. The lowest BCUT2D eigenvalue weighted by Gasteiger charge is -2.18. The van der Waals surface area contributed by atoms with E-state index in [0.29, 0.717) is 19.3 Å². The summed E-state index contributed by atoms with van der Waals surface area (Å²) in [6.45, 7) is 6.53. The molecule has 67 heavy (non-hydrogen) atoms. The molecule has 0 amide bonds. The molecule has 0 saturated carbocycles. The highest BCUT2D eigenvalue weighted by atomic mass is 16.6. The number of hydrogen-bond donors (Lipinski definition) is 0. The standard InChI is InChI=1S/C61H106O6/c1-4-7-10-13-16-19-22-24-26-28-29-30-31-33-35-37-40-43-46-49-52-55-61(64)67-58(56-65-59(62)53-50-47-44-41-38-21-18-15-12-9-6-3)57-66-60(63)54-51-48-45-42-39-36-34-32-27-25-23-20-17-14-11-8-5-2/h15,17-18,20,24-27,34,36,42,45,58H,4-14,16,19,21-23,28-33,35,37-41,43-44,46-57H2,1-3H3/b18-15-,20-17-,26-24-,27-25-,36-34-,45-42-/t58-/m0/s1.